The molecule has 1 N–H and O–H groups in total. The Hall–Kier alpha value is -4.42. The van der Waals surface area contributed by atoms with E-state index in [2.05, 4.69) is 27.2 Å². The largest absolute Gasteiger partial charge is 0.367 e. The lowest BCUT2D eigenvalue weighted by atomic mass is 9.89. The van der Waals surface area contributed by atoms with Gasteiger partial charge in [0.1, 0.15) is 0 Å². The van der Waals surface area contributed by atoms with Crippen LogP contribution in [-0.4, -0.2) is 56.5 Å². The maximum atomic E-state index is 13.6. The fraction of sp³-hybridized carbons (Fsp3) is 0.316. The average molecular weight is 587 g/mol. The normalized spacial score (nSPS) is 16.0. The SMILES string of the molecule is CN(C(=O)c1ccc(NC(=O)c2ccccc2-c2ccccc2)cc1)c1ccccc1N1CCN(CC2CCCCC2)CC1. The first kappa shape index (κ1) is 29.6. The summed E-state index contributed by atoms with van der Waals surface area (Å²) in [5.74, 6) is 0.588. The van der Waals surface area contributed by atoms with Gasteiger partial charge in [-0.15, -0.1) is 0 Å². The molecule has 2 fully saturated rings. The summed E-state index contributed by atoms with van der Waals surface area (Å²) in [7, 11) is 1.84. The van der Waals surface area contributed by atoms with Crippen LogP contribution in [0.15, 0.2) is 103 Å². The van der Waals surface area contributed by atoms with Gasteiger partial charge in [-0.3, -0.25) is 14.5 Å². The average Bonchev–Trinajstić information content (AvgIpc) is 3.09. The van der Waals surface area contributed by atoms with Gasteiger partial charge in [-0.05, 0) is 72.4 Å². The van der Waals surface area contributed by atoms with Crippen molar-refractivity contribution >= 4 is 28.9 Å². The zero-order chi connectivity index (χ0) is 30.3. The first-order chi connectivity index (χ1) is 21.6. The molecule has 1 saturated heterocycles. The summed E-state index contributed by atoms with van der Waals surface area (Å²) in [6, 6.07) is 32.8. The molecule has 4 aromatic carbocycles. The third-order valence-electron chi connectivity index (χ3n) is 9.15. The molecule has 6 heteroatoms. The van der Waals surface area contributed by atoms with Crippen molar-refractivity contribution in [2.24, 2.45) is 5.92 Å². The van der Waals surface area contributed by atoms with Gasteiger partial charge in [0, 0.05) is 56.6 Å². The number of amides is 2. The summed E-state index contributed by atoms with van der Waals surface area (Å²) in [5, 5.41) is 3.00. The predicted molar refractivity (Wildman–Crippen MR) is 181 cm³/mol. The Kier molecular flexibility index (Phi) is 9.37. The quantitative estimate of drug-likeness (QED) is 0.231. The molecule has 1 aliphatic heterocycles. The summed E-state index contributed by atoms with van der Waals surface area (Å²) >= 11 is 0. The van der Waals surface area contributed by atoms with E-state index in [-0.39, 0.29) is 11.8 Å². The van der Waals surface area contributed by atoms with Gasteiger partial charge in [-0.2, -0.15) is 0 Å². The minimum atomic E-state index is -0.187. The number of para-hydroxylation sites is 2. The summed E-state index contributed by atoms with van der Waals surface area (Å²) in [6.07, 6.45) is 6.94. The molecule has 44 heavy (non-hydrogen) atoms. The second kappa shape index (κ2) is 13.9. The van der Waals surface area contributed by atoms with Gasteiger partial charge < -0.3 is 15.1 Å². The predicted octanol–water partition coefficient (Wildman–Crippen LogP) is 7.58. The zero-order valence-electron chi connectivity index (χ0n) is 25.6. The highest BCUT2D eigenvalue weighted by Crippen LogP contribution is 2.32. The maximum absolute atomic E-state index is 13.6. The van der Waals surface area contributed by atoms with Crippen molar-refractivity contribution in [3.63, 3.8) is 0 Å². The van der Waals surface area contributed by atoms with Gasteiger partial charge in [-0.25, -0.2) is 0 Å². The Balaban J connectivity index is 1.09. The highest BCUT2D eigenvalue weighted by atomic mass is 16.2. The zero-order valence-corrected chi connectivity index (χ0v) is 25.6. The molecule has 6 rings (SSSR count). The molecule has 2 aliphatic rings. The van der Waals surface area contributed by atoms with E-state index in [4.69, 9.17) is 0 Å². The first-order valence-corrected chi connectivity index (χ1v) is 16.0. The van der Waals surface area contributed by atoms with Crippen molar-refractivity contribution in [2.75, 3.05) is 54.9 Å². The lowest BCUT2D eigenvalue weighted by Gasteiger charge is -2.39. The van der Waals surface area contributed by atoms with Gasteiger partial charge in [0.05, 0.1) is 11.4 Å². The first-order valence-electron chi connectivity index (χ1n) is 16.0. The van der Waals surface area contributed by atoms with E-state index in [0.717, 1.165) is 54.6 Å². The van der Waals surface area contributed by atoms with Crippen LogP contribution in [0.4, 0.5) is 17.1 Å². The molecular formula is C38H42N4O2. The van der Waals surface area contributed by atoms with Crippen LogP contribution >= 0.6 is 0 Å². The van der Waals surface area contributed by atoms with E-state index >= 15 is 0 Å². The van der Waals surface area contributed by atoms with Gasteiger partial charge in [0.2, 0.25) is 0 Å². The lowest BCUT2D eigenvalue weighted by molar-refractivity contribution is 0.0991. The number of nitrogens with one attached hydrogen (secondary N) is 1. The molecule has 0 radical (unpaired) electrons. The highest BCUT2D eigenvalue weighted by Gasteiger charge is 2.25. The van der Waals surface area contributed by atoms with E-state index < -0.39 is 0 Å². The van der Waals surface area contributed by atoms with Gasteiger partial charge in [0.25, 0.3) is 11.8 Å². The summed E-state index contributed by atoms with van der Waals surface area (Å²) in [4.78, 5) is 33.6. The van der Waals surface area contributed by atoms with Crippen molar-refractivity contribution < 1.29 is 9.59 Å². The topological polar surface area (TPSA) is 55.9 Å². The molecule has 1 aliphatic carbocycles. The minimum Gasteiger partial charge on any atom is -0.367 e. The van der Waals surface area contributed by atoms with Crippen LogP contribution < -0.4 is 15.1 Å². The van der Waals surface area contributed by atoms with Crippen LogP contribution in [0.3, 0.4) is 0 Å². The Morgan fingerprint density at radius 2 is 1.41 bits per heavy atom. The van der Waals surface area contributed by atoms with E-state index in [9.17, 15) is 9.59 Å². The van der Waals surface area contributed by atoms with Crippen molar-refractivity contribution in [2.45, 2.75) is 32.1 Å². The lowest BCUT2D eigenvalue weighted by Crippen LogP contribution is -2.48. The molecular weight excluding hydrogens is 544 g/mol. The number of carbonyl (C=O) groups is 2. The number of piperazine rings is 1. The summed E-state index contributed by atoms with van der Waals surface area (Å²) in [5.41, 5.74) is 5.69. The number of benzene rings is 4. The molecule has 4 aromatic rings. The number of hydrogen-bond acceptors (Lipinski definition) is 4. The molecule has 1 saturated carbocycles. The van der Waals surface area contributed by atoms with Crippen molar-refractivity contribution in [1.29, 1.82) is 0 Å². The van der Waals surface area contributed by atoms with Gasteiger partial charge in [0.15, 0.2) is 0 Å². The number of anilines is 3. The van der Waals surface area contributed by atoms with Crippen LogP contribution in [0.2, 0.25) is 0 Å². The third kappa shape index (κ3) is 6.87. The monoisotopic (exact) mass is 586 g/mol. The molecule has 2 amide bonds. The molecule has 0 unspecified atom stereocenters. The fourth-order valence-corrected chi connectivity index (χ4v) is 6.67. The Morgan fingerprint density at radius 1 is 0.750 bits per heavy atom. The van der Waals surface area contributed by atoms with E-state index in [1.807, 2.05) is 73.8 Å². The van der Waals surface area contributed by atoms with Crippen molar-refractivity contribution in [1.82, 2.24) is 4.90 Å². The standard InChI is InChI=1S/C38H42N4O2/c1-40(35-18-10-11-19-36(35)42-26-24-41(25-27-42)28-29-12-4-2-5-13-29)38(44)31-20-22-32(23-21-31)39-37(43)34-17-9-8-16-33(34)30-14-6-3-7-15-30/h3,6-11,14-23,29H,2,4-5,12-13,24-28H2,1H3,(H,39,43). The number of carbonyl (C=O) groups excluding carboxylic acids is 2. The van der Waals surface area contributed by atoms with Gasteiger partial charge in [-0.1, -0.05) is 79.9 Å². The van der Waals surface area contributed by atoms with Crippen molar-refractivity contribution in [3.8, 4) is 11.1 Å². The molecule has 0 bridgehead atoms. The Labute approximate surface area is 261 Å². The Bertz CT molecular complexity index is 1560. The molecule has 226 valence electrons. The number of rotatable bonds is 8. The summed E-state index contributed by atoms with van der Waals surface area (Å²) in [6.45, 7) is 5.28. The smallest absolute Gasteiger partial charge is 0.258 e. The summed E-state index contributed by atoms with van der Waals surface area (Å²) < 4.78 is 0. The number of hydrogen-bond donors (Lipinski definition) is 1. The highest BCUT2D eigenvalue weighted by molar-refractivity contribution is 6.10. The van der Waals surface area contributed by atoms with Crippen LogP contribution in [-0.2, 0) is 0 Å². The van der Waals surface area contributed by atoms with E-state index in [1.165, 1.54) is 38.6 Å². The number of nitrogens with zero attached hydrogens (tertiary/aromatic N) is 3. The van der Waals surface area contributed by atoms with Crippen molar-refractivity contribution in [3.05, 3.63) is 114 Å². The van der Waals surface area contributed by atoms with Crippen LogP contribution in [0.5, 0.6) is 0 Å². The van der Waals surface area contributed by atoms with Crippen LogP contribution in [0.25, 0.3) is 11.1 Å². The van der Waals surface area contributed by atoms with E-state index in [1.54, 1.807) is 29.2 Å². The molecule has 0 atom stereocenters. The molecule has 6 nitrogen and oxygen atoms in total. The second-order valence-electron chi connectivity index (χ2n) is 12.1. The van der Waals surface area contributed by atoms with Gasteiger partial charge >= 0.3 is 0 Å². The third-order valence-corrected chi connectivity index (χ3v) is 9.15. The molecule has 1 heterocycles. The van der Waals surface area contributed by atoms with E-state index in [0.29, 0.717) is 16.8 Å². The van der Waals surface area contributed by atoms with Crippen LogP contribution in [0, 0.1) is 5.92 Å². The fourth-order valence-electron chi connectivity index (χ4n) is 6.67. The molecule has 0 spiro atoms. The van der Waals surface area contributed by atoms with Crippen LogP contribution in [0.1, 0.15) is 52.8 Å². The second-order valence-corrected chi connectivity index (χ2v) is 12.1. The Morgan fingerprint density at radius 3 is 2.16 bits per heavy atom. The minimum absolute atomic E-state index is 0.0827. The maximum Gasteiger partial charge on any atom is 0.258 e. The molecule has 0 aromatic heterocycles.